The van der Waals surface area contributed by atoms with E-state index in [2.05, 4.69) is 25.9 Å². The van der Waals surface area contributed by atoms with Crippen LogP contribution in [0.25, 0.3) is 0 Å². The van der Waals surface area contributed by atoms with E-state index in [4.69, 9.17) is 4.74 Å². The van der Waals surface area contributed by atoms with E-state index in [0.29, 0.717) is 17.9 Å². The van der Waals surface area contributed by atoms with Crippen LogP contribution in [0.3, 0.4) is 0 Å². The Labute approximate surface area is 129 Å². The van der Waals surface area contributed by atoms with Crippen LogP contribution in [0.15, 0.2) is 18.3 Å². The molecule has 3 heterocycles. The molecular formula is C16H19N5O. The number of aromatic nitrogens is 3. The van der Waals surface area contributed by atoms with E-state index < -0.39 is 0 Å². The molecule has 0 bridgehead atoms. The summed E-state index contributed by atoms with van der Waals surface area (Å²) in [4.78, 5) is 14.5. The summed E-state index contributed by atoms with van der Waals surface area (Å²) in [5.41, 5.74) is 2.64. The molecule has 2 atom stereocenters. The Morgan fingerprint density at radius 1 is 1.45 bits per heavy atom. The molecule has 0 unspecified atom stereocenters. The van der Waals surface area contributed by atoms with Crippen LogP contribution >= 0.6 is 0 Å². The van der Waals surface area contributed by atoms with Crippen LogP contribution in [0, 0.1) is 25.2 Å². The van der Waals surface area contributed by atoms with E-state index in [0.717, 1.165) is 23.6 Å². The lowest BCUT2D eigenvalue weighted by Crippen LogP contribution is -2.27. The summed E-state index contributed by atoms with van der Waals surface area (Å²) in [6.45, 7) is 4.70. The lowest BCUT2D eigenvalue weighted by Gasteiger charge is -2.24. The fourth-order valence-electron chi connectivity index (χ4n) is 2.91. The first-order valence-electron chi connectivity index (χ1n) is 7.31. The van der Waals surface area contributed by atoms with Crippen molar-refractivity contribution >= 4 is 5.82 Å². The maximum atomic E-state index is 9.34. The molecule has 2 aromatic heterocycles. The second-order valence-electron chi connectivity index (χ2n) is 5.58. The molecule has 3 rings (SSSR count). The van der Waals surface area contributed by atoms with Crippen LogP contribution < -0.4 is 4.90 Å². The van der Waals surface area contributed by atoms with Crippen molar-refractivity contribution in [2.75, 3.05) is 18.6 Å². The van der Waals surface area contributed by atoms with E-state index in [9.17, 15) is 5.26 Å². The zero-order valence-electron chi connectivity index (χ0n) is 13.0. The van der Waals surface area contributed by atoms with Gasteiger partial charge in [0.2, 0.25) is 0 Å². The van der Waals surface area contributed by atoms with Crippen LogP contribution in [-0.2, 0) is 4.74 Å². The number of imidazole rings is 1. The summed E-state index contributed by atoms with van der Waals surface area (Å²) in [6.07, 6.45) is 2.64. The maximum Gasteiger partial charge on any atom is 0.147 e. The Balaban J connectivity index is 2.01. The van der Waals surface area contributed by atoms with E-state index in [-0.39, 0.29) is 12.1 Å². The highest BCUT2D eigenvalue weighted by Crippen LogP contribution is 2.36. The van der Waals surface area contributed by atoms with Gasteiger partial charge in [-0.1, -0.05) is 0 Å². The van der Waals surface area contributed by atoms with Gasteiger partial charge in [-0.15, -0.1) is 0 Å². The van der Waals surface area contributed by atoms with Crippen LogP contribution in [0.4, 0.5) is 5.82 Å². The predicted octanol–water partition coefficient (Wildman–Crippen LogP) is 2.26. The molecule has 1 N–H and O–H groups in total. The minimum Gasteiger partial charge on any atom is -0.380 e. The van der Waals surface area contributed by atoms with Crippen molar-refractivity contribution in [3.8, 4) is 6.07 Å². The molecule has 22 heavy (non-hydrogen) atoms. The Kier molecular flexibility index (Phi) is 3.82. The van der Waals surface area contributed by atoms with Crippen molar-refractivity contribution in [3.63, 3.8) is 0 Å². The van der Waals surface area contributed by atoms with Gasteiger partial charge in [0.15, 0.2) is 0 Å². The summed E-state index contributed by atoms with van der Waals surface area (Å²) in [5.74, 6) is 1.60. The minimum atomic E-state index is 0.0411. The zero-order valence-corrected chi connectivity index (χ0v) is 13.0. The topological polar surface area (TPSA) is 77.8 Å². The van der Waals surface area contributed by atoms with Gasteiger partial charge in [-0.3, -0.25) is 0 Å². The van der Waals surface area contributed by atoms with Gasteiger partial charge in [0.05, 0.1) is 23.4 Å². The average molecular weight is 297 g/mol. The zero-order chi connectivity index (χ0) is 15.7. The molecule has 6 heteroatoms. The van der Waals surface area contributed by atoms with Gasteiger partial charge in [0.1, 0.15) is 17.7 Å². The molecule has 0 radical (unpaired) electrons. The Morgan fingerprint density at radius 2 is 2.27 bits per heavy atom. The average Bonchev–Trinajstić information content (AvgIpc) is 3.11. The maximum absolute atomic E-state index is 9.34. The minimum absolute atomic E-state index is 0.0411. The van der Waals surface area contributed by atoms with Crippen molar-refractivity contribution < 1.29 is 4.74 Å². The number of hydrogen-bond donors (Lipinski definition) is 1. The predicted molar refractivity (Wildman–Crippen MR) is 82.5 cm³/mol. The fourth-order valence-corrected chi connectivity index (χ4v) is 2.91. The number of nitrogens with one attached hydrogen (secondary N) is 1. The van der Waals surface area contributed by atoms with Crippen molar-refractivity contribution in [3.05, 3.63) is 41.1 Å². The Bertz CT molecular complexity index is 698. The summed E-state index contributed by atoms with van der Waals surface area (Å²) < 4.78 is 5.53. The standard InChI is InChI=1S/C16H19N5O/c1-10-11(2)20-15(19-10)14-7-13(22-3)9-21(14)16-12(8-17)5-4-6-18-16/h4-6,13-14H,7,9H2,1-3H3,(H,19,20)/t13-,14+/m1/s1. The largest absolute Gasteiger partial charge is 0.380 e. The third kappa shape index (κ3) is 2.44. The Morgan fingerprint density at radius 3 is 2.91 bits per heavy atom. The molecule has 0 spiro atoms. The lowest BCUT2D eigenvalue weighted by molar-refractivity contribution is 0.118. The Hall–Kier alpha value is -2.39. The number of aryl methyl sites for hydroxylation is 2. The van der Waals surface area contributed by atoms with E-state index >= 15 is 0 Å². The normalized spacial score (nSPS) is 21.1. The summed E-state index contributed by atoms with van der Waals surface area (Å²) in [6, 6.07) is 5.83. The highest BCUT2D eigenvalue weighted by molar-refractivity contribution is 5.55. The van der Waals surface area contributed by atoms with Crippen LogP contribution in [0.1, 0.15) is 35.2 Å². The monoisotopic (exact) mass is 297 g/mol. The number of methoxy groups -OCH3 is 1. The van der Waals surface area contributed by atoms with Crippen molar-refractivity contribution in [1.29, 1.82) is 5.26 Å². The lowest BCUT2D eigenvalue weighted by atomic mass is 10.2. The molecule has 2 aromatic rings. The quantitative estimate of drug-likeness (QED) is 0.940. The number of H-pyrrole nitrogens is 1. The molecule has 0 amide bonds. The van der Waals surface area contributed by atoms with Gasteiger partial charge < -0.3 is 14.6 Å². The van der Waals surface area contributed by atoms with Gasteiger partial charge in [-0.2, -0.15) is 5.26 Å². The molecule has 1 aliphatic heterocycles. The van der Waals surface area contributed by atoms with Gasteiger partial charge in [0.25, 0.3) is 0 Å². The van der Waals surface area contributed by atoms with Crippen molar-refractivity contribution in [2.24, 2.45) is 0 Å². The molecule has 1 fully saturated rings. The number of nitriles is 1. The SMILES string of the molecule is CO[C@@H]1C[C@@H](c2nc(C)c(C)[nH]2)N(c2ncccc2C#N)C1. The van der Waals surface area contributed by atoms with Gasteiger partial charge in [-0.25, -0.2) is 9.97 Å². The molecule has 0 aliphatic carbocycles. The molecule has 0 aromatic carbocycles. The van der Waals surface area contributed by atoms with Gasteiger partial charge in [0, 0.05) is 32.0 Å². The van der Waals surface area contributed by atoms with Crippen molar-refractivity contribution in [1.82, 2.24) is 15.0 Å². The van der Waals surface area contributed by atoms with Crippen LogP contribution in [-0.4, -0.2) is 34.7 Å². The number of aromatic amines is 1. The number of rotatable bonds is 3. The second-order valence-corrected chi connectivity index (χ2v) is 5.58. The first-order valence-corrected chi connectivity index (χ1v) is 7.31. The molecule has 6 nitrogen and oxygen atoms in total. The van der Waals surface area contributed by atoms with Crippen LogP contribution in [0.2, 0.25) is 0 Å². The van der Waals surface area contributed by atoms with E-state index in [1.807, 2.05) is 13.8 Å². The molecule has 1 saturated heterocycles. The van der Waals surface area contributed by atoms with E-state index in [1.54, 1.807) is 25.4 Å². The molecule has 0 saturated carbocycles. The molecular weight excluding hydrogens is 278 g/mol. The summed E-state index contributed by atoms with van der Waals surface area (Å²) >= 11 is 0. The molecule has 1 aliphatic rings. The summed E-state index contributed by atoms with van der Waals surface area (Å²) in [7, 11) is 1.72. The highest BCUT2D eigenvalue weighted by Gasteiger charge is 2.37. The number of anilines is 1. The number of nitrogens with zero attached hydrogens (tertiary/aromatic N) is 4. The van der Waals surface area contributed by atoms with Gasteiger partial charge >= 0.3 is 0 Å². The summed E-state index contributed by atoms with van der Waals surface area (Å²) in [5, 5.41) is 9.34. The highest BCUT2D eigenvalue weighted by atomic mass is 16.5. The van der Waals surface area contributed by atoms with Crippen LogP contribution in [0.5, 0.6) is 0 Å². The number of ether oxygens (including phenoxy) is 1. The van der Waals surface area contributed by atoms with E-state index in [1.165, 1.54) is 0 Å². The smallest absolute Gasteiger partial charge is 0.147 e. The molecule has 114 valence electrons. The van der Waals surface area contributed by atoms with Crippen molar-refractivity contribution in [2.45, 2.75) is 32.4 Å². The number of hydrogen-bond acceptors (Lipinski definition) is 5. The second kappa shape index (κ2) is 5.78. The fraction of sp³-hybridized carbons (Fsp3) is 0.438. The first kappa shape index (κ1) is 14.5. The third-order valence-corrected chi connectivity index (χ3v) is 4.24. The first-order chi connectivity index (χ1) is 10.6. The van der Waals surface area contributed by atoms with Gasteiger partial charge in [-0.05, 0) is 26.0 Å². The number of pyridine rings is 1. The third-order valence-electron chi connectivity index (χ3n) is 4.24.